The van der Waals surface area contributed by atoms with Crippen LogP contribution < -0.4 is 10.1 Å². The van der Waals surface area contributed by atoms with Gasteiger partial charge in [-0.1, -0.05) is 6.92 Å². The summed E-state index contributed by atoms with van der Waals surface area (Å²) in [5.41, 5.74) is 0. The van der Waals surface area contributed by atoms with Gasteiger partial charge in [-0.25, -0.2) is 4.39 Å². The van der Waals surface area contributed by atoms with Crippen molar-refractivity contribution in [3.63, 3.8) is 0 Å². The fraction of sp³-hybridized carbons (Fsp3) is 0.562. The second-order valence-corrected chi connectivity index (χ2v) is 4.94. The summed E-state index contributed by atoms with van der Waals surface area (Å²) in [4.78, 5) is 11.6. The van der Waals surface area contributed by atoms with E-state index < -0.39 is 0 Å². The molecule has 0 aliphatic heterocycles. The minimum Gasteiger partial charge on any atom is -0.494 e. The van der Waals surface area contributed by atoms with Gasteiger partial charge in [0.2, 0.25) is 0 Å². The summed E-state index contributed by atoms with van der Waals surface area (Å²) in [6.07, 6.45) is 0.803. The molecule has 1 aromatic carbocycles. The normalized spacial score (nSPS) is 13.5. The average Bonchev–Trinajstić information content (AvgIpc) is 2.48. The highest BCUT2D eigenvalue weighted by Crippen LogP contribution is 2.11. The molecule has 1 aromatic rings. The minimum absolute atomic E-state index is 0.0508. The van der Waals surface area contributed by atoms with Gasteiger partial charge >= 0.3 is 5.97 Å². The molecular formula is C16H24FNO3. The maximum absolute atomic E-state index is 12.7. The number of hydrogen-bond acceptors (Lipinski definition) is 4. The van der Waals surface area contributed by atoms with Crippen LogP contribution in [0.4, 0.5) is 4.39 Å². The second kappa shape index (κ2) is 9.34. The summed E-state index contributed by atoms with van der Waals surface area (Å²) < 4.78 is 23.2. The van der Waals surface area contributed by atoms with Crippen LogP contribution in [0.3, 0.4) is 0 Å². The van der Waals surface area contributed by atoms with Crippen molar-refractivity contribution in [1.82, 2.24) is 5.32 Å². The number of esters is 1. The predicted octanol–water partition coefficient (Wildman–Crippen LogP) is 2.77. The molecule has 4 nitrogen and oxygen atoms in total. The smallest absolute Gasteiger partial charge is 0.310 e. The Kier molecular flexibility index (Phi) is 7.75. The van der Waals surface area contributed by atoms with Gasteiger partial charge in [0, 0.05) is 6.04 Å². The molecule has 0 fully saturated rings. The van der Waals surface area contributed by atoms with Crippen LogP contribution in [0.2, 0.25) is 0 Å². The topological polar surface area (TPSA) is 47.6 Å². The third kappa shape index (κ3) is 6.58. The van der Waals surface area contributed by atoms with Crippen molar-refractivity contribution in [3.05, 3.63) is 30.1 Å². The van der Waals surface area contributed by atoms with Crippen molar-refractivity contribution in [2.75, 3.05) is 19.8 Å². The standard InChI is InChI=1S/C16H24FNO3/c1-4-20-16(19)12(2)13(3)18-10-5-11-21-15-8-6-14(17)7-9-15/h6-9,12-13,18H,4-5,10-11H2,1-3H3/t12-,13+/m1/s1. The molecule has 0 radical (unpaired) electrons. The molecule has 0 amide bonds. The molecule has 2 atom stereocenters. The van der Waals surface area contributed by atoms with Gasteiger partial charge in [0.1, 0.15) is 11.6 Å². The van der Waals surface area contributed by atoms with Crippen LogP contribution in [0.5, 0.6) is 5.75 Å². The Labute approximate surface area is 125 Å². The van der Waals surface area contributed by atoms with Crippen molar-refractivity contribution >= 4 is 5.97 Å². The molecule has 1 rings (SSSR count). The molecule has 0 saturated carbocycles. The van der Waals surface area contributed by atoms with Gasteiger partial charge in [-0.15, -0.1) is 0 Å². The van der Waals surface area contributed by atoms with Crippen LogP contribution in [-0.4, -0.2) is 31.8 Å². The van der Waals surface area contributed by atoms with Gasteiger partial charge in [-0.2, -0.15) is 0 Å². The number of benzene rings is 1. The molecule has 0 bridgehead atoms. The van der Waals surface area contributed by atoms with E-state index in [1.807, 2.05) is 13.8 Å². The molecule has 0 aromatic heterocycles. The fourth-order valence-corrected chi connectivity index (χ4v) is 1.78. The highest BCUT2D eigenvalue weighted by atomic mass is 19.1. The molecule has 0 unspecified atom stereocenters. The molecule has 0 aliphatic carbocycles. The largest absolute Gasteiger partial charge is 0.494 e. The van der Waals surface area contributed by atoms with Crippen LogP contribution in [0.25, 0.3) is 0 Å². The third-order valence-corrected chi connectivity index (χ3v) is 3.28. The Morgan fingerprint density at radius 1 is 1.29 bits per heavy atom. The second-order valence-electron chi connectivity index (χ2n) is 4.94. The van der Waals surface area contributed by atoms with Gasteiger partial charge in [0.15, 0.2) is 0 Å². The Bertz CT molecular complexity index is 422. The van der Waals surface area contributed by atoms with Crippen molar-refractivity contribution in [2.24, 2.45) is 5.92 Å². The average molecular weight is 297 g/mol. The van der Waals surface area contributed by atoms with Gasteiger partial charge in [0.25, 0.3) is 0 Å². The minimum atomic E-state index is -0.272. The Balaban J connectivity index is 2.15. The molecule has 0 spiro atoms. The lowest BCUT2D eigenvalue weighted by atomic mass is 10.0. The number of ether oxygens (including phenoxy) is 2. The van der Waals surface area contributed by atoms with E-state index >= 15 is 0 Å². The van der Waals surface area contributed by atoms with Crippen LogP contribution >= 0.6 is 0 Å². The molecule has 1 N–H and O–H groups in total. The maximum atomic E-state index is 12.7. The lowest BCUT2D eigenvalue weighted by molar-refractivity contribution is -0.148. The molecule has 21 heavy (non-hydrogen) atoms. The number of rotatable bonds is 9. The highest BCUT2D eigenvalue weighted by molar-refractivity contribution is 5.72. The van der Waals surface area contributed by atoms with Crippen molar-refractivity contribution in [3.8, 4) is 5.75 Å². The summed E-state index contributed by atoms with van der Waals surface area (Å²) in [6.45, 7) is 7.30. The lowest BCUT2D eigenvalue weighted by Gasteiger charge is -2.19. The first-order valence-corrected chi connectivity index (χ1v) is 7.33. The highest BCUT2D eigenvalue weighted by Gasteiger charge is 2.20. The monoisotopic (exact) mass is 297 g/mol. The first-order valence-electron chi connectivity index (χ1n) is 7.33. The van der Waals surface area contributed by atoms with Crippen LogP contribution in [0.1, 0.15) is 27.2 Å². The van der Waals surface area contributed by atoms with E-state index in [9.17, 15) is 9.18 Å². The van der Waals surface area contributed by atoms with Crippen LogP contribution in [-0.2, 0) is 9.53 Å². The zero-order chi connectivity index (χ0) is 15.7. The number of hydrogen-bond donors (Lipinski definition) is 1. The third-order valence-electron chi connectivity index (χ3n) is 3.28. The van der Waals surface area contributed by atoms with Crippen molar-refractivity contribution in [1.29, 1.82) is 0 Å². The Morgan fingerprint density at radius 3 is 2.57 bits per heavy atom. The van der Waals surface area contributed by atoms with E-state index in [4.69, 9.17) is 9.47 Å². The van der Waals surface area contributed by atoms with Crippen LogP contribution in [0, 0.1) is 11.7 Å². The number of halogens is 1. The number of carbonyl (C=O) groups excluding carboxylic acids is 1. The maximum Gasteiger partial charge on any atom is 0.310 e. The summed E-state index contributed by atoms with van der Waals surface area (Å²) in [6, 6.07) is 6.00. The first-order chi connectivity index (χ1) is 10.0. The van der Waals surface area contributed by atoms with Crippen molar-refractivity contribution in [2.45, 2.75) is 33.2 Å². The van der Waals surface area contributed by atoms with E-state index in [0.29, 0.717) is 19.0 Å². The SMILES string of the molecule is CCOC(=O)[C@H](C)[C@H](C)NCCCOc1ccc(F)cc1. The molecule has 0 heterocycles. The molecule has 5 heteroatoms. The molecular weight excluding hydrogens is 273 g/mol. The van der Waals surface area contributed by atoms with E-state index in [-0.39, 0.29) is 23.7 Å². The first kappa shape index (κ1) is 17.4. The molecule has 118 valence electrons. The Morgan fingerprint density at radius 2 is 1.95 bits per heavy atom. The van der Waals surface area contributed by atoms with E-state index in [0.717, 1.165) is 13.0 Å². The predicted molar refractivity (Wildman–Crippen MR) is 79.8 cm³/mol. The quantitative estimate of drug-likeness (QED) is 0.562. The number of nitrogens with one attached hydrogen (secondary N) is 1. The molecule has 0 saturated heterocycles. The summed E-state index contributed by atoms with van der Waals surface area (Å²) in [7, 11) is 0. The van der Waals surface area contributed by atoms with Crippen molar-refractivity contribution < 1.29 is 18.7 Å². The van der Waals surface area contributed by atoms with Gasteiger partial charge < -0.3 is 14.8 Å². The van der Waals surface area contributed by atoms with E-state index in [1.54, 1.807) is 19.1 Å². The van der Waals surface area contributed by atoms with Crippen LogP contribution in [0.15, 0.2) is 24.3 Å². The van der Waals surface area contributed by atoms with Gasteiger partial charge in [-0.3, -0.25) is 4.79 Å². The summed E-state index contributed by atoms with van der Waals surface area (Å²) in [5.74, 6) is 0.0261. The lowest BCUT2D eigenvalue weighted by Crippen LogP contribution is -2.37. The van der Waals surface area contributed by atoms with E-state index in [2.05, 4.69) is 5.32 Å². The fourth-order valence-electron chi connectivity index (χ4n) is 1.78. The zero-order valence-electron chi connectivity index (χ0n) is 12.9. The van der Waals surface area contributed by atoms with Gasteiger partial charge in [0.05, 0.1) is 19.1 Å². The molecule has 0 aliphatic rings. The summed E-state index contributed by atoms with van der Waals surface area (Å²) in [5, 5.41) is 3.28. The Hall–Kier alpha value is -1.62. The zero-order valence-corrected chi connectivity index (χ0v) is 12.9. The van der Waals surface area contributed by atoms with Gasteiger partial charge in [-0.05, 0) is 51.1 Å². The summed E-state index contributed by atoms with van der Waals surface area (Å²) >= 11 is 0. The number of carbonyl (C=O) groups is 1. The van der Waals surface area contributed by atoms with E-state index in [1.165, 1.54) is 12.1 Å².